The van der Waals surface area contributed by atoms with Crippen LogP contribution in [0, 0.1) is 16.7 Å². The Bertz CT molecular complexity index is 402. The molecule has 1 aliphatic heterocycles. The van der Waals surface area contributed by atoms with Crippen LogP contribution in [0.25, 0.3) is 0 Å². The standard InChI is InChI=1S/C17H32N2O2/c1-11(2)12-15(21)19(10-9-16(3,4)5)13(14(20)18-12)17(6,7)8/h11-13H,9-10H2,1-8H3,(H,18,20). The predicted octanol–water partition coefficient (Wildman–Crippen LogP) is 2.82. The summed E-state index contributed by atoms with van der Waals surface area (Å²) in [4.78, 5) is 27.1. The van der Waals surface area contributed by atoms with E-state index in [-0.39, 0.29) is 34.6 Å². The van der Waals surface area contributed by atoms with Crippen LogP contribution in [0.5, 0.6) is 0 Å². The van der Waals surface area contributed by atoms with E-state index in [0.29, 0.717) is 6.54 Å². The summed E-state index contributed by atoms with van der Waals surface area (Å²) in [7, 11) is 0. The van der Waals surface area contributed by atoms with Crippen molar-refractivity contribution in [3.8, 4) is 0 Å². The molecule has 1 N–H and O–H groups in total. The van der Waals surface area contributed by atoms with Gasteiger partial charge in [-0.2, -0.15) is 0 Å². The number of amides is 2. The SMILES string of the molecule is CC(C)C1NC(=O)C(C(C)(C)C)N(CCC(C)(C)C)C1=O. The molecule has 0 aromatic rings. The van der Waals surface area contributed by atoms with Gasteiger partial charge in [-0.15, -0.1) is 0 Å². The van der Waals surface area contributed by atoms with Crippen LogP contribution in [0.2, 0.25) is 0 Å². The Labute approximate surface area is 129 Å². The molecule has 0 bridgehead atoms. The molecular weight excluding hydrogens is 264 g/mol. The first-order valence-electron chi connectivity index (χ1n) is 7.95. The highest BCUT2D eigenvalue weighted by Crippen LogP contribution is 2.30. The molecule has 1 aliphatic rings. The van der Waals surface area contributed by atoms with Gasteiger partial charge >= 0.3 is 0 Å². The van der Waals surface area contributed by atoms with Crippen molar-refractivity contribution in [2.75, 3.05) is 6.54 Å². The minimum Gasteiger partial charge on any atom is -0.342 e. The lowest BCUT2D eigenvalue weighted by Gasteiger charge is -2.46. The lowest BCUT2D eigenvalue weighted by atomic mass is 9.81. The van der Waals surface area contributed by atoms with Gasteiger partial charge in [-0.3, -0.25) is 9.59 Å². The van der Waals surface area contributed by atoms with E-state index in [1.54, 1.807) is 0 Å². The van der Waals surface area contributed by atoms with Crippen LogP contribution in [0.1, 0.15) is 61.8 Å². The molecule has 0 spiro atoms. The maximum atomic E-state index is 12.8. The number of hydrogen-bond donors (Lipinski definition) is 1. The number of piperazine rings is 1. The van der Waals surface area contributed by atoms with E-state index in [1.165, 1.54) is 0 Å². The molecular formula is C17H32N2O2. The fourth-order valence-electron chi connectivity index (χ4n) is 2.75. The van der Waals surface area contributed by atoms with E-state index in [9.17, 15) is 9.59 Å². The van der Waals surface area contributed by atoms with Crippen LogP contribution >= 0.6 is 0 Å². The molecule has 0 saturated carbocycles. The summed E-state index contributed by atoms with van der Waals surface area (Å²) in [5.74, 6) is 0.156. The molecule has 4 heteroatoms. The molecule has 1 heterocycles. The van der Waals surface area contributed by atoms with Crippen molar-refractivity contribution in [3.05, 3.63) is 0 Å². The molecule has 2 unspecified atom stereocenters. The van der Waals surface area contributed by atoms with Gasteiger partial charge in [-0.25, -0.2) is 0 Å². The van der Waals surface area contributed by atoms with Gasteiger partial charge < -0.3 is 10.2 Å². The number of nitrogens with one attached hydrogen (secondary N) is 1. The van der Waals surface area contributed by atoms with E-state index in [4.69, 9.17) is 0 Å². The van der Waals surface area contributed by atoms with Crippen LogP contribution < -0.4 is 5.32 Å². The average Bonchev–Trinajstić information content (AvgIpc) is 2.26. The Balaban J connectivity index is 3.06. The van der Waals surface area contributed by atoms with Crippen LogP contribution in [0.15, 0.2) is 0 Å². The molecule has 2 atom stereocenters. The summed E-state index contributed by atoms with van der Waals surface area (Å²) >= 11 is 0. The molecule has 0 aromatic carbocycles. The molecule has 4 nitrogen and oxygen atoms in total. The third-order valence-corrected chi connectivity index (χ3v) is 4.00. The van der Waals surface area contributed by atoms with E-state index in [0.717, 1.165) is 6.42 Å². The molecule has 0 radical (unpaired) electrons. The maximum absolute atomic E-state index is 12.8. The van der Waals surface area contributed by atoms with Gasteiger partial charge in [0.25, 0.3) is 0 Å². The van der Waals surface area contributed by atoms with Crippen LogP contribution in [-0.4, -0.2) is 35.3 Å². The monoisotopic (exact) mass is 296 g/mol. The maximum Gasteiger partial charge on any atom is 0.246 e. The molecule has 1 rings (SSSR count). The molecule has 1 fully saturated rings. The quantitative estimate of drug-likeness (QED) is 0.870. The lowest BCUT2D eigenvalue weighted by molar-refractivity contribution is -0.155. The minimum absolute atomic E-state index is 0.0188. The van der Waals surface area contributed by atoms with Gasteiger partial charge in [0.2, 0.25) is 11.8 Å². The number of carbonyl (C=O) groups is 2. The van der Waals surface area contributed by atoms with Gasteiger partial charge in [0.05, 0.1) is 0 Å². The normalized spacial score (nSPS) is 24.5. The first-order valence-corrected chi connectivity index (χ1v) is 7.95. The topological polar surface area (TPSA) is 49.4 Å². The van der Waals surface area contributed by atoms with Gasteiger partial charge in [0.15, 0.2) is 0 Å². The van der Waals surface area contributed by atoms with Crippen molar-refractivity contribution in [2.45, 2.75) is 73.9 Å². The van der Waals surface area contributed by atoms with E-state index >= 15 is 0 Å². The first kappa shape index (κ1) is 18.0. The van der Waals surface area contributed by atoms with Crippen LogP contribution in [0.4, 0.5) is 0 Å². The predicted molar refractivity (Wildman–Crippen MR) is 85.8 cm³/mol. The van der Waals surface area contributed by atoms with Gasteiger partial charge in [-0.1, -0.05) is 55.4 Å². The average molecular weight is 296 g/mol. The van der Waals surface area contributed by atoms with Crippen molar-refractivity contribution in [2.24, 2.45) is 16.7 Å². The van der Waals surface area contributed by atoms with E-state index in [1.807, 2.05) is 39.5 Å². The Kier molecular flexibility index (Phi) is 5.12. The fraction of sp³-hybridized carbons (Fsp3) is 0.882. The highest BCUT2D eigenvalue weighted by Gasteiger charge is 2.46. The van der Waals surface area contributed by atoms with Crippen molar-refractivity contribution in [3.63, 3.8) is 0 Å². The highest BCUT2D eigenvalue weighted by molar-refractivity contribution is 5.97. The third kappa shape index (κ3) is 4.45. The summed E-state index contributed by atoms with van der Waals surface area (Å²) in [6.07, 6.45) is 0.892. The van der Waals surface area contributed by atoms with Crippen molar-refractivity contribution in [1.82, 2.24) is 10.2 Å². The van der Waals surface area contributed by atoms with Crippen LogP contribution in [0.3, 0.4) is 0 Å². The van der Waals surface area contributed by atoms with Gasteiger partial charge in [0, 0.05) is 6.54 Å². The van der Waals surface area contributed by atoms with Crippen LogP contribution in [-0.2, 0) is 9.59 Å². The smallest absolute Gasteiger partial charge is 0.246 e. The molecule has 122 valence electrons. The van der Waals surface area contributed by atoms with Crippen molar-refractivity contribution < 1.29 is 9.59 Å². The molecule has 0 aromatic heterocycles. The largest absolute Gasteiger partial charge is 0.342 e. The second-order valence-corrected chi connectivity index (χ2v) is 8.84. The fourth-order valence-corrected chi connectivity index (χ4v) is 2.75. The van der Waals surface area contributed by atoms with E-state index in [2.05, 4.69) is 26.1 Å². The van der Waals surface area contributed by atoms with Crippen molar-refractivity contribution in [1.29, 1.82) is 0 Å². The number of hydrogen-bond acceptors (Lipinski definition) is 2. The summed E-state index contributed by atoms with van der Waals surface area (Å²) in [6, 6.07) is -0.779. The van der Waals surface area contributed by atoms with Gasteiger partial charge in [0.1, 0.15) is 12.1 Å². The third-order valence-electron chi connectivity index (χ3n) is 4.00. The lowest BCUT2D eigenvalue weighted by Crippen LogP contribution is -2.68. The molecule has 2 amide bonds. The summed E-state index contributed by atoms with van der Waals surface area (Å²) in [5.41, 5.74) is -0.121. The van der Waals surface area contributed by atoms with E-state index < -0.39 is 6.04 Å². The first-order chi connectivity index (χ1) is 9.34. The Morgan fingerprint density at radius 1 is 1.10 bits per heavy atom. The van der Waals surface area contributed by atoms with Crippen molar-refractivity contribution >= 4 is 11.8 Å². The molecule has 1 saturated heterocycles. The summed E-state index contributed by atoms with van der Waals surface area (Å²) in [6.45, 7) is 17.1. The number of nitrogens with zero attached hydrogens (tertiary/aromatic N) is 1. The summed E-state index contributed by atoms with van der Waals surface area (Å²) < 4.78 is 0. The second kappa shape index (κ2) is 5.98. The molecule has 0 aliphatic carbocycles. The molecule has 21 heavy (non-hydrogen) atoms. The summed E-state index contributed by atoms with van der Waals surface area (Å²) in [5, 5.41) is 2.92. The van der Waals surface area contributed by atoms with Gasteiger partial charge in [-0.05, 0) is 23.2 Å². The minimum atomic E-state index is -0.393. The zero-order chi connectivity index (χ0) is 16.6. The number of carbonyl (C=O) groups excluding carboxylic acids is 2. The number of rotatable bonds is 3. The second-order valence-electron chi connectivity index (χ2n) is 8.84. The Morgan fingerprint density at radius 3 is 2.00 bits per heavy atom. The highest BCUT2D eigenvalue weighted by atomic mass is 16.2. The zero-order valence-electron chi connectivity index (χ0n) is 14.9. The Morgan fingerprint density at radius 2 is 1.62 bits per heavy atom. The Hall–Kier alpha value is -1.06. The zero-order valence-corrected chi connectivity index (χ0v) is 14.9.